The number of likely N-dealkylation sites (N-methyl/N-ethyl adjacent to an activating group) is 1. The molecule has 0 aromatic heterocycles. The largest absolute Gasteiger partial charge is 0.365 e. The summed E-state index contributed by atoms with van der Waals surface area (Å²) < 4.78 is 5.66. The lowest BCUT2D eigenvalue weighted by atomic mass is 10.1. The fourth-order valence-corrected chi connectivity index (χ4v) is 2.78. The zero-order valence-corrected chi connectivity index (χ0v) is 10.9. The normalized spacial score (nSPS) is 34.4. The Morgan fingerprint density at radius 3 is 2.76 bits per heavy atom. The van der Waals surface area contributed by atoms with E-state index in [9.17, 15) is 4.79 Å². The van der Waals surface area contributed by atoms with E-state index >= 15 is 0 Å². The highest BCUT2D eigenvalue weighted by molar-refractivity contribution is 5.81. The van der Waals surface area contributed by atoms with E-state index < -0.39 is 0 Å². The molecule has 17 heavy (non-hydrogen) atoms. The number of hydrogen-bond acceptors (Lipinski definition) is 3. The first kappa shape index (κ1) is 12.8. The van der Waals surface area contributed by atoms with E-state index in [1.807, 2.05) is 18.9 Å². The molecular weight excluding hydrogens is 216 g/mol. The van der Waals surface area contributed by atoms with Crippen LogP contribution < -0.4 is 5.32 Å². The third kappa shape index (κ3) is 3.19. The van der Waals surface area contributed by atoms with Crippen LogP contribution in [0.5, 0.6) is 0 Å². The van der Waals surface area contributed by atoms with Gasteiger partial charge in [0.1, 0.15) is 6.10 Å². The summed E-state index contributed by atoms with van der Waals surface area (Å²) in [4.78, 5) is 14.2. The second kappa shape index (κ2) is 5.83. The first-order valence-corrected chi connectivity index (χ1v) is 6.81. The lowest BCUT2D eigenvalue weighted by Crippen LogP contribution is -2.43. The molecule has 0 aromatic rings. The van der Waals surface area contributed by atoms with E-state index in [2.05, 4.69) is 5.32 Å². The van der Waals surface area contributed by atoms with Crippen LogP contribution in [0.4, 0.5) is 0 Å². The molecule has 0 saturated carbocycles. The fourth-order valence-electron chi connectivity index (χ4n) is 2.78. The van der Waals surface area contributed by atoms with Crippen LogP contribution in [-0.2, 0) is 9.53 Å². The predicted octanol–water partition coefficient (Wildman–Crippen LogP) is 1.15. The average molecular weight is 240 g/mol. The second-order valence-electron chi connectivity index (χ2n) is 5.30. The topological polar surface area (TPSA) is 41.6 Å². The van der Waals surface area contributed by atoms with Crippen LogP contribution in [0, 0.1) is 0 Å². The standard InChI is InChI=1S/C13H24N2O2/c1-10-5-6-12(17-10)13(16)15(2)11-4-3-8-14-9-7-11/h10-12,14H,3-9H2,1-2H3. The molecular formula is C13H24N2O2. The molecule has 3 atom stereocenters. The van der Waals surface area contributed by atoms with Crippen molar-refractivity contribution >= 4 is 5.91 Å². The lowest BCUT2D eigenvalue weighted by molar-refractivity contribution is -0.143. The molecule has 1 amide bonds. The molecule has 2 aliphatic rings. The van der Waals surface area contributed by atoms with E-state index in [4.69, 9.17) is 4.74 Å². The average Bonchev–Trinajstić information content (AvgIpc) is 2.60. The van der Waals surface area contributed by atoms with Crippen LogP contribution in [0.15, 0.2) is 0 Å². The van der Waals surface area contributed by atoms with Crippen molar-refractivity contribution in [3.05, 3.63) is 0 Å². The summed E-state index contributed by atoms with van der Waals surface area (Å²) in [5.41, 5.74) is 0. The Hall–Kier alpha value is -0.610. The first-order chi connectivity index (χ1) is 8.18. The molecule has 98 valence electrons. The van der Waals surface area contributed by atoms with E-state index in [0.29, 0.717) is 6.04 Å². The summed E-state index contributed by atoms with van der Waals surface area (Å²) in [6, 6.07) is 0.386. The molecule has 4 heteroatoms. The van der Waals surface area contributed by atoms with Crippen molar-refractivity contribution in [3.63, 3.8) is 0 Å². The maximum absolute atomic E-state index is 12.3. The van der Waals surface area contributed by atoms with Crippen LogP contribution in [0.1, 0.15) is 39.0 Å². The highest BCUT2D eigenvalue weighted by atomic mass is 16.5. The number of amides is 1. The molecule has 2 fully saturated rings. The number of nitrogens with one attached hydrogen (secondary N) is 1. The van der Waals surface area contributed by atoms with Crippen LogP contribution in [-0.4, -0.2) is 49.2 Å². The van der Waals surface area contributed by atoms with Crippen molar-refractivity contribution in [2.45, 2.75) is 57.3 Å². The summed E-state index contributed by atoms with van der Waals surface area (Å²) in [5, 5.41) is 3.38. The van der Waals surface area contributed by atoms with Gasteiger partial charge in [0.15, 0.2) is 0 Å². The Kier molecular flexibility index (Phi) is 4.40. The third-order valence-corrected chi connectivity index (χ3v) is 3.95. The molecule has 2 saturated heterocycles. The summed E-state index contributed by atoms with van der Waals surface area (Å²) in [6.07, 6.45) is 5.28. The zero-order chi connectivity index (χ0) is 12.3. The smallest absolute Gasteiger partial charge is 0.251 e. The molecule has 0 spiro atoms. The second-order valence-corrected chi connectivity index (χ2v) is 5.30. The van der Waals surface area contributed by atoms with Crippen molar-refractivity contribution in [3.8, 4) is 0 Å². The van der Waals surface area contributed by atoms with Gasteiger partial charge in [-0.3, -0.25) is 4.79 Å². The highest BCUT2D eigenvalue weighted by Gasteiger charge is 2.32. The van der Waals surface area contributed by atoms with Crippen molar-refractivity contribution in [1.82, 2.24) is 10.2 Å². The summed E-state index contributed by atoms with van der Waals surface area (Å²) in [5.74, 6) is 0.182. The molecule has 0 radical (unpaired) electrons. The quantitative estimate of drug-likeness (QED) is 0.787. The Balaban J connectivity index is 1.89. The van der Waals surface area contributed by atoms with Gasteiger partial charge < -0.3 is 15.0 Å². The number of nitrogens with zero attached hydrogens (tertiary/aromatic N) is 1. The molecule has 0 aliphatic carbocycles. The number of ether oxygens (including phenoxy) is 1. The van der Waals surface area contributed by atoms with Gasteiger partial charge in [-0.1, -0.05) is 0 Å². The van der Waals surface area contributed by atoms with E-state index in [0.717, 1.165) is 45.2 Å². The molecule has 1 N–H and O–H groups in total. The highest BCUT2D eigenvalue weighted by Crippen LogP contribution is 2.22. The van der Waals surface area contributed by atoms with Crippen molar-refractivity contribution in [2.24, 2.45) is 0 Å². The Bertz CT molecular complexity index is 262. The number of carbonyl (C=O) groups is 1. The number of hydrogen-bond donors (Lipinski definition) is 1. The lowest BCUT2D eigenvalue weighted by Gasteiger charge is -2.29. The van der Waals surface area contributed by atoms with Gasteiger partial charge in [-0.25, -0.2) is 0 Å². The van der Waals surface area contributed by atoms with Crippen LogP contribution >= 0.6 is 0 Å². The zero-order valence-electron chi connectivity index (χ0n) is 10.9. The minimum Gasteiger partial charge on any atom is -0.365 e. The van der Waals surface area contributed by atoms with Crippen molar-refractivity contribution in [1.29, 1.82) is 0 Å². The molecule has 0 bridgehead atoms. The minimum absolute atomic E-state index is 0.182. The molecule has 3 unspecified atom stereocenters. The number of rotatable bonds is 2. The van der Waals surface area contributed by atoms with Crippen LogP contribution in [0.3, 0.4) is 0 Å². The molecule has 2 aliphatic heterocycles. The molecule has 2 rings (SSSR count). The molecule has 4 nitrogen and oxygen atoms in total. The monoisotopic (exact) mass is 240 g/mol. The minimum atomic E-state index is -0.189. The SMILES string of the molecule is CC1CCC(C(=O)N(C)C2CCCNCC2)O1. The van der Waals surface area contributed by atoms with E-state index in [1.54, 1.807) is 0 Å². The van der Waals surface area contributed by atoms with Gasteiger partial charge >= 0.3 is 0 Å². The molecule has 2 heterocycles. The Morgan fingerprint density at radius 1 is 1.24 bits per heavy atom. The van der Waals surface area contributed by atoms with Gasteiger partial charge in [0.05, 0.1) is 6.10 Å². The Morgan fingerprint density at radius 2 is 2.06 bits per heavy atom. The van der Waals surface area contributed by atoms with Gasteiger partial charge in [0.25, 0.3) is 5.91 Å². The van der Waals surface area contributed by atoms with Crippen molar-refractivity contribution < 1.29 is 9.53 Å². The van der Waals surface area contributed by atoms with Gasteiger partial charge in [-0.05, 0) is 52.1 Å². The first-order valence-electron chi connectivity index (χ1n) is 6.81. The molecule has 0 aromatic carbocycles. The van der Waals surface area contributed by atoms with E-state index in [-0.39, 0.29) is 18.1 Å². The maximum Gasteiger partial charge on any atom is 0.251 e. The summed E-state index contributed by atoms with van der Waals surface area (Å²) in [6.45, 7) is 4.14. The summed E-state index contributed by atoms with van der Waals surface area (Å²) >= 11 is 0. The Labute approximate surface area is 104 Å². The van der Waals surface area contributed by atoms with Crippen molar-refractivity contribution in [2.75, 3.05) is 20.1 Å². The third-order valence-electron chi connectivity index (χ3n) is 3.95. The maximum atomic E-state index is 12.3. The van der Waals surface area contributed by atoms with Gasteiger partial charge in [-0.2, -0.15) is 0 Å². The van der Waals surface area contributed by atoms with Gasteiger partial charge in [0.2, 0.25) is 0 Å². The van der Waals surface area contributed by atoms with Gasteiger partial charge in [-0.15, -0.1) is 0 Å². The van der Waals surface area contributed by atoms with Crippen LogP contribution in [0.25, 0.3) is 0 Å². The fraction of sp³-hybridized carbons (Fsp3) is 0.923. The summed E-state index contributed by atoms with van der Waals surface area (Å²) in [7, 11) is 1.94. The van der Waals surface area contributed by atoms with E-state index in [1.165, 1.54) is 0 Å². The van der Waals surface area contributed by atoms with Gasteiger partial charge in [0, 0.05) is 13.1 Å². The number of carbonyl (C=O) groups excluding carboxylic acids is 1. The predicted molar refractivity (Wildman–Crippen MR) is 66.8 cm³/mol. The van der Waals surface area contributed by atoms with Crippen LogP contribution in [0.2, 0.25) is 0 Å².